The fourth-order valence-corrected chi connectivity index (χ4v) is 2.01. The molecule has 0 radical (unpaired) electrons. The van der Waals surface area contributed by atoms with Crippen molar-refractivity contribution in [3.05, 3.63) is 40.0 Å². The number of aryl methyl sites for hydroxylation is 1. The van der Waals surface area contributed by atoms with Crippen molar-refractivity contribution in [3.63, 3.8) is 0 Å². The van der Waals surface area contributed by atoms with E-state index in [-0.39, 0.29) is 31.9 Å². The summed E-state index contributed by atoms with van der Waals surface area (Å²) in [6.07, 6.45) is 1.33. The van der Waals surface area contributed by atoms with Crippen LogP contribution in [0.25, 0.3) is 0 Å². The topological polar surface area (TPSA) is 96.6 Å². The maximum atomic E-state index is 12.2. The van der Waals surface area contributed by atoms with Gasteiger partial charge in [0.25, 0.3) is 5.91 Å². The van der Waals surface area contributed by atoms with Gasteiger partial charge in [-0.3, -0.25) is 4.79 Å². The number of hydrogen-bond acceptors (Lipinski definition) is 5. The molecule has 0 aromatic heterocycles. The predicted molar refractivity (Wildman–Crippen MR) is 86.9 cm³/mol. The Labute approximate surface area is 137 Å². The van der Waals surface area contributed by atoms with Crippen molar-refractivity contribution in [1.29, 1.82) is 5.26 Å². The number of nitrogens with zero attached hydrogens (tertiary/aromatic N) is 2. The molecule has 3 N–H and O–H groups in total. The lowest BCUT2D eigenvalue weighted by atomic mass is 10.2. The Morgan fingerprint density at radius 2 is 2.05 bits per heavy atom. The third-order valence-corrected chi connectivity index (χ3v) is 3.81. The maximum absolute atomic E-state index is 12.2. The summed E-state index contributed by atoms with van der Waals surface area (Å²) in [4.78, 5) is 13.4. The zero-order valence-corrected chi connectivity index (χ0v) is 13.8. The molecule has 1 aromatic rings. The number of anilines is 1. The van der Waals surface area contributed by atoms with Crippen LogP contribution < -0.4 is 5.32 Å². The molecule has 0 saturated heterocycles. The summed E-state index contributed by atoms with van der Waals surface area (Å²) in [5.41, 5.74) is 1.67. The van der Waals surface area contributed by atoms with E-state index in [4.69, 9.17) is 15.5 Å². The van der Waals surface area contributed by atoms with Crippen molar-refractivity contribution < 1.29 is 15.0 Å². The molecule has 1 aromatic carbocycles. The molecule has 0 spiro atoms. The van der Waals surface area contributed by atoms with Gasteiger partial charge in [-0.25, -0.2) is 0 Å². The van der Waals surface area contributed by atoms with E-state index in [0.717, 1.165) is 15.7 Å². The van der Waals surface area contributed by atoms with Gasteiger partial charge >= 0.3 is 0 Å². The third-order valence-electron chi connectivity index (χ3n) is 2.92. The second kappa shape index (κ2) is 9.20. The summed E-state index contributed by atoms with van der Waals surface area (Å²) in [5.74, 6) is -0.535. The van der Waals surface area contributed by atoms with Crippen LogP contribution in [0.4, 0.5) is 5.69 Å². The van der Waals surface area contributed by atoms with Gasteiger partial charge in [-0.05, 0) is 30.7 Å². The molecule has 0 heterocycles. The van der Waals surface area contributed by atoms with Crippen LogP contribution in [0.1, 0.15) is 5.56 Å². The van der Waals surface area contributed by atoms with E-state index in [2.05, 4.69) is 21.2 Å². The lowest BCUT2D eigenvalue weighted by molar-refractivity contribution is -0.127. The molecule has 1 amide bonds. The first-order valence-electron chi connectivity index (χ1n) is 6.67. The normalized spacial score (nSPS) is 11.0. The molecular weight excluding hydrogens is 350 g/mol. The Bertz CT molecular complexity index is 590. The number of nitriles is 1. The van der Waals surface area contributed by atoms with Gasteiger partial charge in [0, 0.05) is 29.4 Å². The van der Waals surface area contributed by atoms with Gasteiger partial charge in [0.15, 0.2) is 0 Å². The quantitative estimate of drug-likeness (QED) is 0.499. The van der Waals surface area contributed by atoms with E-state index < -0.39 is 5.91 Å². The van der Waals surface area contributed by atoms with E-state index in [1.807, 2.05) is 31.2 Å². The average Bonchev–Trinajstić information content (AvgIpc) is 2.51. The minimum absolute atomic E-state index is 0.0653. The molecule has 7 heteroatoms. The first-order chi connectivity index (χ1) is 10.5. The molecule has 0 aliphatic heterocycles. The fraction of sp³-hybridized carbons (Fsp3) is 0.333. The summed E-state index contributed by atoms with van der Waals surface area (Å²) in [7, 11) is 0. The van der Waals surface area contributed by atoms with Crippen LogP contribution in [0.2, 0.25) is 0 Å². The Hall–Kier alpha value is -1.88. The maximum Gasteiger partial charge on any atom is 0.266 e. The van der Waals surface area contributed by atoms with E-state index in [1.54, 1.807) is 0 Å². The van der Waals surface area contributed by atoms with Gasteiger partial charge in [-0.2, -0.15) is 5.26 Å². The highest BCUT2D eigenvalue weighted by molar-refractivity contribution is 9.10. The SMILES string of the molecule is Cc1cc(N/C=C(/C#N)C(=O)N(CCO)CCO)ccc1Br. The van der Waals surface area contributed by atoms with Crippen LogP contribution in [0, 0.1) is 18.3 Å². The lowest BCUT2D eigenvalue weighted by Crippen LogP contribution is -2.36. The number of amides is 1. The zero-order valence-electron chi connectivity index (χ0n) is 12.2. The monoisotopic (exact) mass is 367 g/mol. The number of aliphatic hydroxyl groups excluding tert-OH is 2. The molecule has 118 valence electrons. The largest absolute Gasteiger partial charge is 0.395 e. The number of halogens is 1. The van der Waals surface area contributed by atoms with Crippen LogP contribution >= 0.6 is 15.9 Å². The molecule has 6 nitrogen and oxygen atoms in total. The Kier molecular flexibility index (Phi) is 7.60. The van der Waals surface area contributed by atoms with E-state index in [9.17, 15) is 4.79 Å². The number of rotatable bonds is 7. The van der Waals surface area contributed by atoms with Crippen LogP contribution in [0.3, 0.4) is 0 Å². The van der Waals surface area contributed by atoms with Crippen molar-refractivity contribution >= 4 is 27.5 Å². The number of nitrogens with one attached hydrogen (secondary N) is 1. The van der Waals surface area contributed by atoms with Crippen molar-refractivity contribution in [2.24, 2.45) is 0 Å². The summed E-state index contributed by atoms with van der Waals surface area (Å²) in [5, 5.41) is 29.9. The smallest absolute Gasteiger partial charge is 0.266 e. The van der Waals surface area contributed by atoms with Crippen molar-refractivity contribution in [3.8, 4) is 6.07 Å². The standard InChI is InChI=1S/C15H18BrN3O3/c1-11-8-13(2-3-14(11)16)18-10-12(9-17)15(22)19(4-6-20)5-7-21/h2-3,8,10,18,20-21H,4-7H2,1H3/b12-10-. The van der Waals surface area contributed by atoms with Gasteiger partial charge in [0.1, 0.15) is 11.6 Å². The van der Waals surface area contributed by atoms with Crippen LogP contribution in [0.5, 0.6) is 0 Å². The van der Waals surface area contributed by atoms with Gasteiger partial charge in [0.05, 0.1) is 13.2 Å². The molecule has 0 atom stereocenters. The van der Waals surface area contributed by atoms with Crippen LogP contribution in [-0.4, -0.2) is 47.3 Å². The molecular formula is C15H18BrN3O3. The first-order valence-corrected chi connectivity index (χ1v) is 7.46. The van der Waals surface area contributed by atoms with E-state index >= 15 is 0 Å². The van der Waals surface area contributed by atoms with Crippen molar-refractivity contribution in [1.82, 2.24) is 4.90 Å². The van der Waals surface area contributed by atoms with Gasteiger partial charge in [0.2, 0.25) is 0 Å². The van der Waals surface area contributed by atoms with Crippen LogP contribution in [-0.2, 0) is 4.79 Å². The Balaban J connectivity index is 2.87. The second-order valence-corrected chi connectivity index (χ2v) is 5.37. The van der Waals surface area contributed by atoms with Gasteiger partial charge < -0.3 is 20.4 Å². The Morgan fingerprint density at radius 1 is 1.41 bits per heavy atom. The zero-order chi connectivity index (χ0) is 16.5. The summed E-state index contributed by atoms with van der Waals surface area (Å²) in [6.45, 7) is 1.60. The molecule has 0 aliphatic rings. The lowest BCUT2D eigenvalue weighted by Gasteiger charge is -2.20. The highest BCUT2D eigenvalue weighted by Crippen LogP contribution is 2.20. The number of benzene rings is 1. The van der Waals surface area contributed by atoms with E-state index in [0.29, 0.717) is 0 Å². The molecule has 0 saturated carbocycles. The summed E-state index contributed by atoms with van der Waals surface area (Å²) >= 11 is 3.40. The molecule has 1 rings (SSSR count). The Morgan fingerprint density at radius 3 is 2.55 bits per heavy atom. The van der Waals surface area contributed by atoms with Crippen LogP contribution in [0.15, 0.2) is 34.4 Å². The number of hydrogen-bond donors (Lipinski definition) is 3. The van der Waals surface area contributed by atoms with Gasteiger partial charge in [-0.1, -0.05) is 15.9 Å². The summed E-state index contributed by atoms with van der Waals surface area (Å²) < 4.78 is 0.968. The molecule has 0 unspecified atom stereocenters. The molecule has 0 bridgehead atoms. The minimum atomic E-state index is -0.535. The predicted octanol–water partition coefficient (Wildman–Crippen LogP) is 1.39. The second-order valence-electron chi connectivity index (χ2n) is 4.52. The van der Waals surface area contributed by atoms with E-state index in [1.165, 1.54) is 11.1 Å². The highest BCUT2D eigenvalue weighted by Gasteiger charge is 2.17. The van der Waals surface area contributed by atoms with Crippen molar-refractivity contribution in [2.75, 3.05) is 31.6 Å². The number of aliphatic hydroxyl groups is 2. The molecule has 22 heavy (non-hydrogen) atoms. The fourth-order valence-electron chi connectivity index (χ4n) is 1.76. The highest BCUT2D eigenvalue weighted by atomic mass is 79.9. The molecule has 0 aliphatic carbocycles. The minimum Gasteiger partial charge on any atom is -0.395 e. The number of carbonyl (C=O) groups excluding carboxylic acids is 1. The first kappa shape index (κ1) is 18.2. The average molecular weight is 368 g/mol. The third kappa shape index (κ3) is 5.15. The van der Waals surface area contributed by atoms with Gasteiger partial charge in [-0.15, -0.1) is 0 Å². The summed E-state index contributed by atoms with van der Waals surface area (Å²) in [6, 6.07) is 7.38. The van der Waals surface area contributed by atoms with Crippen molar-refractivity contribution in [2.45, 2.75) is 6.92 Å². The molecule has 0 fully saturated rings. The number of carbonyl (C=O) groups is 1.